The third-order valence-corrected chi connectivity index (χ3v) is 3.92. The molecule has 2 heterocycles. The number of nitrogen functional groups attached to an aromatic ring is 1. The Bertz CT molecular complexity index is 412. The van der Waals surface area contributed by atoms with E-state index in [9.17, 15) is 0 Å². The molecule has 1 unspecified atom stereocenters. The van der Waals surface area contributed by atoms with Gasteiger partial charge in [0.1, 0.15) is 0 Å². The number of rotatable bonds is 3. The van der Waals surface area contributed by atoms with Gasteiger partial charge >= 0.3 is 0 Å². The van der Waals surface area contributed by atoms with Gasteiger partial charge in [0.15, 0.2) is 5.82 Å². The van der Waals surface area contributed by atoms with Crippen LogP contribution in [-0.4, -0.2) is 46.9 Å². The van der Waals surface area contributed by atoms with E-state index in [0.29, 0.717) is 6.04 Å². The summed E-state index contributed by atoms with van der Waals surface area (Å²) in [6.45, 7) is 13.8. The van der Waals surface area contributed by atoms with Gasteiger partial charge in [-0.15, -0.1) is 0 Å². The Hall–Kier alpha value is -1.23. The zero-order chi connectivity index (χ0) is 13.3. The molecule has 0 radical (unpaired) electrons. The number of anilines is 2. The molecule has 1 aliphatic heterocycles. The van der Waals surface area contributed by atoms with Crippen molar-refractivity contribution in [1.82, 2.24) is 14.7 Å². The van der Waals surface area contributed by atoms with Crippen molar-refractivity contribution < 1.29 is 0 Å². The maximum Gasteiger partial charge on any atom is 0.150 e. The van der Waals surface area contributed by atoms with Gasteiger partial charge in [0.05, 0.1) is 11.4 Å². The van der Waals surface area contributed by atoms with Gasteiger partial charge in [0.2, 0.25) is 0 Å². The fourth-order valence-electron chi connectivity index (χ4n) is 2.79. The lowest BCUT2D eigenvalue weighted by Gasteiger charge is -2.40. The highest BCUT2D eigenvalue weighted by atomic mass is 15.4. The minimum absolute atomic E-state index is 0.573. The predicted molar refractivity (Wildman–Crippen MR) is 76.0 cm³/mol. The molecule has 1 aliphatic rings. The third kappa shape index (κ3) is 2.19. The Morgan fingerprint density at radius 2 is 2.00 bits per heavy atom. The largest absolute Gasteiger partial charge is 0.394 e. The normalized spacial score (nSPS) is 21.6. The van der Waals surface area contributed by atoms with Crippen LogP contribution in [0.3, 0.4) is 0 Å². The Kier molecular flexibility index (Phi) is 3.80. The number of hydrogen-bond donors (Lipinski definition) is 1. The Balaban J connectivity index is 2.22. The van der Waals surface area contributed by atoms with Crippen molar-refractivity contribution in [3.63, 3.8) is 0 Å². The van der Waals surface area contributed by atoms with Crippen LogP contribution in [0.25, 0.3) is 0 Å². The van der Waals surface area contributed by atoms with Crippen molar-refractivity contribution in [3.8, 4) is 0 Å². The van der Waals surface area contributed by atoms with E-state index in [0.717, 1.165) is 49.9 Å². The Labute approximate surface area is 110 Å². The molecule has 1 atom stereocenters. The van der Waals surface area contributed by atoms with Gasteiger partial charge in [-0.05, 0) is 27.3 Å². The van der Waals surface area contributed by atoms with Gasteiger partial charge < -0.3 is 10.6 Å². The molecular formula is C13H25N5. The van der Waals surface area contributed by atoms with Gasteiger partial charge in [0.25, 0.3) is 0 Å². The topological polar surface area (TPSA) is 50.3 Å². The first-order valence-electron chi connectivity index (χ1n) is 6.90. The van der Waals surface area contributed by atoms with Crippen molar-refractivity contribution in [2.24, 2.45) is 0 Å². The second kappa shape index (κ2) is 5.18. The zero-order valence-corrected chi connectivity index (χ0v) is 12.0. The molecule has 1 aromatic heterocycles. The molecule has 5 nitrogen and oxygen atoms in total. The minimum atomic E-state index is 0.573. The molecule has 0 saturated carbocycles. The monoisotopic (exact) mass is 251 g/mol. The van der Waals surface area contributed by atoms with Crippen LogP contribution < -0.4 is 10.6 Å². The van der Waals surface area contributed by atoms with Crippen LogP contribution in [0, 0.1) is 6.92 Å². The van der Waals surface area contributed by atoms with Gasteiger partial charge in [0, 0.05) is 32.2 Å². The molecule has 18 heavy (non-hydrogen) atoms. The van der Waals surface area contributed by atoms with E-state index in [4.69, 9.17) is 5.73 Å². The van der Waals surface area contributed by atoms with Crippen molar-refractivity contribution in [2.45, 2.75) is 40.3 Å². The summed E-state index contributed by atoms with van der Waals surface area (Å²) in [6, 6.07) is 0.573. The summed E-state index contributed by atoms with van der Waals surface area (Å²) in [5.74, 6) is 1.11. The number of nitrogens with zero attached hydrogens (tertiary/aromatic N) is 4. The van der Waals surface area contributed by atoms with E-state index < -0.39 is 0 Å². The summed E-state index contributed by atoms with van der Waals surface area (Å²) in [6.07, 6.45) is 0. The van der Waals surface area contributed by atoms with E-state index in [1.807, 2.05) is 11.6 Å². The molecule has 1 aromatic rings. The van der Waals surface area contributed by atoms with Crippen LogP contribution in [0.4, 0.5) is 11.5 Å². The van der Waals surface area contributed by atoms with Crippen molar-refractivity contribution >= 4 is 11.5 Å². The second-order valence-electron chi connectivity index (χ2n) is 5.06. The third-order valence-electron chi connectivity index (χ3n) is 3.92. The number of hydrogen-bond acceptors (Lipinski definition) is 4. The highest BCUT2D eigenvalue weighted by molar-refractivity contribution is 5.66. The number of aryl methyl sites for hydroxylation is 2. The predicted octanol–water partition coefficient (Wildman–Crippen LogP) is 1.32. The highest BCUT2D eigenvalue weighted by Crippen LogP contribution is 2.28. The van der Waals surface area contributed by atoms with Gasteiger partial charge in [-0.1, -0.05) is 6.92 Å². The maximum atomic E-state index is 6.18. The molecule has 102 valence electrons. The summed E-state index contributed by atoms with van der Waals surface area (Å²) in [7, 11) is 0. The first-order chi connectivity index (χ1) is 8.58. The molecule has 5 heteroatoms. The van der Waals surface area contributed by atoms with Crippen LogP contribution in [0.2, 0.25) is 0 Å². The molecule has 0 spiro atoms. The number of nitrogens with two attached hydrogens (primary N) is 1. The van der Waals surface area contributed by atoms with E-state index >= 15 is 0 Å². The molecular weight excluding hydrogens is 226 g/mol. The fourth-order valence-corrected chi connectivity index (χ4v) is 2.79. The first-order valence-corrected chi connectivity index (χ1v) is 6.90. The van der Waals surface area contributed by atoms with Gasteiger partial charge in [-0.2, -0.15) is 5.10 Å². The molecule has 0 aliphatic carbocycles. The lowest BCUT2D eigenvalue weighted by molar-refractivity contribution is 0.198. The molecule has 1 fully saturated rings. The van der Waals surface area contributed by atoms with Crippen molar-refractivity contribution in [3.05, 3.63) is 5.69 Å². The fraction of sp³-hybridized carbons (Fsp3) is 0.769. The number of likely N-dealkylation sites (N-methyl/N-ethyl adjacent to an activating group) is 1. The first kappa shape index (κ1) is 13.2. The molecule has 0 bridgehead atoms. The maximum absolute atomic E-state index is 6.18. The highest BCUT2D eigenvalue weighted by Gasteiger charge is 2.26. The summed E-state index contributed by atoms with van der Waals surface area (Å²) >= 11 is 0. The average molecular weight is 251 g/mol. The molecule has 2 N–H and O–H groups in total. The summed E-state index contributed by atoms with van der Waals surface area (Å²) < 4.78 is 2.03. The van der Waals surface area contributed by atoms with E-state index in [2.05, 4.69) is 35.7 Å². The molecule has 1 saturated heterocycles. The van der Waals surface area contributed by atoms with Crippen LogP contribution in [0.5, 0.6) is 0 Å². The van der Waals surface area contributed by atoms with E-state index in [1.165, 1.54) is 0 Å². The molecule has 0 amide bonds. The SMILES string of the molecule is CCN1CCN(c2c(N)c(C)nn2CC)CC1C. The zero-order valence-electron chi connectivity index (χ0n) is 12.0. The second-order valence-corrected chi connectivity index (χ2v) is 5.06. The number of piperazine rings is 1. The van der Waals surface area contributed by atoms with E-state index in [1.54, 1.807) is 0 Å². The quantitative estimate of drug-likeness (QED) is 0.880. The smallest absolute Gasteiger partial charge is 0.150 e. The lowest BCUT2D eigenvalue weighted by atomic mass is 10.2. The van der Waals surface area contributed by atoms with Gasteiger partial charge in [-0.3, -0.25) is 4.90 Å². The molecule has 2 rings (SSSR count). The standard InChI is InChI=1S/C13H25N5/c1-5-16-7-8-17(9-10(16)3)13-12(14)11(4)15-18(13)6-2/h10H,5-9,14H2,1-4H3. The lowest BCUT2D eigenvalue weighted by Crippen LogP contribution is -2.52. The summed E-state index contributed by atoms with van der Waals surface area (Å²) in [5, 5.41) is 4.50. The minimum Gasteiger partial charge on any atom is -0.394 e. The Morgan fingerprint density at radius 1 is 1.28 bits per heavy atom. The van der Waals surface area contributed by atoms with Crippen LogP contribution in [0.15, 0.2) is 0 Å². The summed E-state index contributed by atoms with van der Waals surface area (Å²) in [4.78, 5) is 4.89. The molecule has 0 aromatic carbocycles. The van der Waals surface area contributed by atoms with Crippen LogP contribution in [-0.2, 0) is 6.54 Å². The van der Waals surface area contributed by atoms with Crippen molar-refractivity contribution in [2.75, 3.05) is 36.8 Å². The number of aromatic nitrogens is 2. The van der Waals surface area contributed by atoms with E-state index in [-0.39, 0.29) is 0 Å². The average Bonchev–Trinajstić information content (AvgIpc) is 2.65. The van der Waals surface area contributed by atoms with Crippen LogP contribution in [0.1, 0.15) is 26.5 Å². The van der Waals surface area contributed by atoms with Crippen molar-refractivity contribution in [1.29, 1.82) is 0 Å². The van der Waals surface area contributed by atoms with Crippen LogP contribution >= 0.6 is 0 Å². The summed E-state index contributed by atoms with van der Waals surface area (Å²) in [5.41, 5.74) is 7.97. The Morgan fingerprint density at radius 3 is 2.56 bits per heavy atom. The van der Waals surface area contributed by atoms with Gasteiger partial charge in [-0.25, -0.2) is 4.68 Å².